The molecule has 2 rings (SSSR count). The third-order valence-corrected chi connectivity index (χ3v) is 4.13. The van der Waals surface area contributed by atoms with Gasteiger partial charge in [-0.2, -0.15) is 0 Å². The summed E-state index contributed by atoms with van der Waals surface area (Å²) in [4.78, 5) is 0.131. The summed E-state index contributed by atoms with van der Waals surface area (Å²) < 4.78 is 10.7. The Bertz CT molecular complexity index is 586. The third-order valence-electron chi connectivity index (χ3n) is 3.08. The van der Waals surface area contributed by atoms with Gasteiger partial charge in [0, 0.05) is 15.4 Å². The highest BCUT2D eigenvalue weighted by molar-refractivity contribution is 9.09. The number of rotatable bonds is 5. The van der Waals surface area contributed by atoms with Crippen molar-refractivity contribution in [1.82, 2.24) is 0 Å². The Morgan fingerprint density at radius 3 is 2.55 bits per heavy atom. The van der Waals surface area contributed by atoms with Crippen LogP contribution in [0.5, 0.6) is 11.5 Å². The Hall–Kier alpha value is -1.19. The number of benzene rings is 2. The maximum atomic E-state index is 6.02. The molecule has 0 aliphatic carbocycles. The van der Waals surface area contributed by atoms with E-state index >= 15 is 0 Å². The molecule has 2 aromatic carbocycles. The lowest BCUT2D eigenvalue weighted by Crippen LogP contribution is -1.99. The summed E-state index contributed by atoms with van der Waals surface area (Å²) in [6.45, 7) is 0. The molecule has 0 bridgehead atoms. The molecule has 2 nitrogen and oxygen atoms in total. The minimum Gasteiger partial charge on any atom is -0.497 e. The van der Waals surface area contributed by atoms with E-state index in [1.54, 1.807) is 14.2 Å². The molecule has 0 fully saturated rings. The summed E-state index contributed by atoms with van der Waals surface area (Å²) >= 11 is 9.74. The fourth-order valence-electron chi connectivity index (χ4n) is 2.07. The highest BCUT2D eigenvalue weighted by Crippen LogP contribution is 2.36. The quantitative estimate of drug-likeness (QED) is 0.700. The number of hydrogen-bond acceptors (Lipinski definition) is 2. The highest BCUT2D eigenvalue weighted by atomic mass is 79.9. The van der Waals surface area contributed by atoms with E-state index in [9.17, 15) is 0 Å². The summed E-state index contributed by atoms with van der Waals surface area (Å²) in [5.74, 6) is 1.66. The molecule has 0 aliphatic heterocycles. The van der Waals surface area contributed by atoms with Gasteiger partial charge in [-0.15, -0.1) is 0 Å². The van der Waals surface area contributed by atoms with E-state index in [1.807, 2.05) is 36.4 Å². The molecule has 0 amide bonds. The van der Waals surface area contributed by atoms with Gasteiger partial charge < -0.3 is 9.47 Å². The van der Waals surface area contributed by atoms with Crippen molar-refractivity contribution in [3.8, 4) is 11.5 Å². The van der Waals surface area contributed by atoms with Gasteiger partial charge in [0.05, 0.1) is 14.2 Å². The van der Waals surface area contributed by atoms with Crippen LogP contribution in [0.1, 0.15) is 16.0 Å². The molecule has 0 heterocycles. The minimum absolute atomic E-state index is 0.131. The normalized spacial score (nSPS) is 12.0. The van der Waals surface area contributed by atoms with Gasteiger partial charge in [-0.05, 0) is 42.3 Å². The van der Waals surface area contributed by atoms with Crippen LogP contribution in [0.2, 0.25) is 5.02 Å². The number of ether oxygens (including phenoxy) is 2. The molecule has 0 saturated carbocycles. The van der Waals surface area contributed by atoms with Crippen molar-refractivity contribution in [3.63, 3.8) is 0 Å². The largest absolute Gasteiger partial charge is 0.497 e. The molecule has 20 heavy (non-hydrogen) atoms. The molecule has 0 aromatic heterocycles. The molecule has 0 N–H and O–H groups in total. The Morgan fingerprint density at radius 1 is 1.10 bits per heavy atom. The van der Waals surface area contributed by atoms with Crippen molar-refractivity contribution in [2.75, 3.05) is 14.2 Å². The monoisotopic (exact) mass is 354 g/mol. The Balaban J connectivity index is 2.25. The Kier molecular flexibility index (Phi) is 5.32. The summed E-state index contributed by atoms with van der Waals surface area (Å²) in [5, 5.41) is 0.750. The van der Waals surface area contributed by atoms with Crippen LogP contribution in [0.25, 0.3) is 0 Å². The van der Waals surface area contributed by atoms with Crippen LogP contribution in [0, 0.1) is 0 Å². The van der Waals surface area contributed by atoms with Gasteiger partial charge in [0.1, 0.15) is 11.5 Å². The summed E-state index contributed by atoms with van der Waals surface area (Å²) in [6.07, 6.45) is 0.823. The molecule has 0 aliphatic rings. The molecule has 106 valence electrons. The lowest BCUT2D eigenvalue weighted by molar-refractivity contribution is 0.398. The van der Waals surface area contributed by atoms with E-state index in [0.29, 0.717) is 0 Å². The summed E-state index contributed by atoms with van der Waals surface area (Å²) in [6, 6.07) is 13.7. The van der Waals surface area contributed by atoms with Crippen molar-refractivity contribution in [2.45, 2.75) is 11.2 Å². The van der Waals surface area contributed by atoms with Crippen LogP contribution in [-0.2, 0) is 6.42 Å². The second kappa shape index (κ2) is 7.00. The molecule has 2 aromatic rings. The molecular weight excluding hydrogens is 340 g/mol. The number of hydrogen-bond donors (Lipinski definition) is 0. The van der Waals surface area contributed by atoms with Gasteiger partial charge in [0.25, 0.3) is 0 Å². The molecular formula is C16H16BrClO2. The van der Waals surface area contributed by atoms with Crippen molar-refractivity contribution in [2.24, 2.45) is 0 Å². The summed E-state index contributed by atoms with van der Waals surface area (Å²) in [5.41, 5.74) is 2.23. The summed E-state index contributed by atoms with van der Waals surface area (Å²) in [7, 11) is 3.33. The van der Waals surface area contributed by atoms with Crippen LogP contribution in [0.4, 0.5) is 0 Å². The van der Waals surface area contributed by atoms with Gasteiger partial charge in [-0.3, -0.25) is 0 Å². The average molecular weight is 356 g/mol. The van der Waals surface area contributed by atoms with Crippen molar-refractivity contribution < 1.29 is 9.47 Å². The first-order valence-corrected chi connectivity index (χ1v) is 7.54. The van der Waals surface area contributed by atoms with Gasteiger partial charge in [-0.1, -0.05) is 39.7 Å². The zero-order valence-electron chi connectivity index (χ0n) is 11.4. The first kappa shape index (κ1) is 15.2. The zero-order valence-corrected chi connectivity index (χ0v) is 13.7. The van der Waals surface area contributed by atoms with E-state index in [-0.39, 0.29) is 4.83 Å². The van der Waals surface area contributed by atoms with E-state index in [1.165, 1.54) is 5.56 Å². The Labute approximate surface area is 132 Å². The van der Waals surface area contributed by atoms with Crippen LogP contribution in [0.15, 0.2) is 42.5 Å². The van der Waals surface area contributed by atoms with Crippen LogP contribution < -0.4 is 9.47 Å². The maximum absolute atomic E-state index is 6.02. The average Bonchev–Trinajstić information content (AvgIpc) is 2.46. The SMILES string of the molecule is COc1ccc(OC)c(C(Br)Cc2cccc(Cl)c2)c1. The third kappa shape index (κ3) is 3.68. The minimum atomic E-state index is 0.131. The highest BCUT2D eigenvalue weighted by Gasteiger charge is 2.15. The lowest BCUT2D eigenvalue weighted by Gasteiger charge is -2.15. The fraction of sp³-hybridized carbons (Fsp3) is 0.250. The van der Waals surface area contributed by atoms with E-state index in [2.05, 4.69) is 22.0 Å². The van der Waals surface area contributed by atoms with Crippen LogP contribution in [0.3, 0.4) is 0 Å². The second-order valence-electron chi connectivity index (χ2n) is 4.41. The van der Waals surface area contributed by atoms with Gasteiger partial charge in [0.2, 0.25) is 0 Å². The predicted octanol–water partition coefficient (Wildman–Crippen LogP) is 5.04. The number of methoxy groups -OCH3 is 2. The molecule has 1 unspecified atom stereocenters. The van der Waals surface area contributed by atoms with E-state index in [0.717, 1.165) is 28.5 Å². The molecule has 1 atom stereocenters. The van der Waals surface area contributed by atoms with E-state index in [4.69, 9.17) is 21.1 Å². The number of halogens is 2. The zero-order chi connectivity index (χ0) is 14.5. The predicted molar refractivity (Wildman–Crippen MR) is 86.4 cm³/mol. The number of alkyl halides is 1. The van der Waals surface area contributed by atoms with E-state index < -0.39 is 0 Å². The first-order valence-electron chi connectivity index (χ1n) is 6.24. The van der Waals surface area contributed by atoms with Gasteiger partial charge in [-0.25, -0.2) is 0 Å². The standard InChI is InChI=1S/C16H16BrClO2/c1-19-13-6-7-16(20-2)14(10-13)15(17)9-11-4-3-5-12(18)8-11/h3-8,10,15H,9H2,1-2H3. The maximum Gasteiger partial charge on any atom is 0.123 e. The first-order chi connectivity index (χ1) is 9.63. The molecule has 0 spiro atoms. The fourth-order valence-corrected chi connectivity index (χ4v) is 3.01. The molecule has 4 heteroatoms. The molecule has 0 radical (unpaired) electrons. The molecule has 0 saturated heterocycles. The van der Waals surface area contributed by atoms with Crippen LogP contribution in [-0.4, -0.2) is 14.2 Å². The smallest absolute Gasteiger partial charge is 0.123 e. The Morgan fingerprint density at radius 2 is 1.90 bits per heavy atom. The second-order valence-corrected chi connectivity index (χ2v) is 5.95. The van der Waals surface area contributed by atoms with Gasteiger partial charge in [0.15, 0.2) is 0 Å². The van der Waals surface area contributed by atoms with Crippen molar-refractivity contribution in [1.29, 1.82) is 0 Å². The van der Waals surface area contributed by atoms with Crippen molar-refractivity contribution >= 4 is 27.5 Å². The van der Waals surface area contributed by atoms with Crippen LogP contribution >= 0.6 is 27.5 Å². The van der Waals surface area contributed by atoms with Crippen molar-refractivity contribution in [3.05, 3.63) is 58.6 Å². The van der Waals surface area contributed by atoms with Gasteiger partial charge >= 0.3 is 0 Å². The lowest BCUT2D eigenvalue weighted by atomic mass is 10.0. The topological polar surface area (TPSA) is 18.5 Å².